The van der Waals surface area contributed by atoms with Crippen molar-refractivity contribution in [3.8, 4) is 6.07 Å². The molecule has 118 valence electrons. The van der Waals surface area contributed by atoms with E-state index in [4.69, 9.17) is 0 Å². The number of anilines is 1. The summed E-state index contributed by atoms with van der Waals surface area (Å²) < 4.78 is 0. The topological polar surface area (TPSA) is 72.8 Å². The van der Waals surface area contributed by atoms with E-state index in [1.165, 1.54) is 0 Å². The molecule has 1 unspecified atom stereocenters. The Morgan fingerprint density at radius 3 is 2.91 bits per heavy atom. The Morgan fingerprint density at radius 1 is 1.48 bits per heavy atom. The number of aryl methyl sites for hydroxylation is 2. The van der Waals surface area contributed by atoms with Crippen molar-refractivity contribution in [2.45, 2.75) is 39.5 Å². The van der Waals surface area contributed by atoms with Crippen LogP contribution in [-0.4, -0.2) is 22.6 Å². The van der Waals surface area contributed by atoms with Gasteiger partial charge in [0, 0.05) is 24.3 Å². The monoisotopic (exact) mass is 308 g/mol. The Labute approximate surface area is 135 Å². The van der Waals surface area contributed by atoms with Gasteiger partial charge in [0.15, 0.2) is 0 Å². The van der Waals surface area contributed by atoms with Crippen molar-refractivity contribution >= 4 is 11.6 Å². The summed E-state index contributed by atoms with van der Waals surface area (Å²) in [6.45, 7) is 6.67. The van der Waals surface area contributed by atoms with Crippen LogP contribution in [0.4, 0.5) is 5.69 Å². The number of H-pyrrole nitrogens is 1. The Bertz CT molecular complexity index is 780. The molecular formula is C18H20N4O. The molecule has 1 aromatic carbocycles. The quantitative estimate of drug-likeness (QED) is 0.947. The first-order valence-corrected chi connectivity index (χ1v) is 7.86. The standard InChI is InChI=1S/C18H20N4O/c1-11(18-12(2)20-21-13(18)3)9-17(23)22-8-7-15-14(10-19)5-4-6-16(15)22/h4-6,11H,7-9H2,1-3H3,(H,20,21). The van der Waals surface area contributed by atoms with E-state index in [-0.39, 0.29) is 11.8 Å². The normalized spacial score (nSPS) is 14.4. The van der Waals surface area contributed by atoms with Gasteiger partial charge in [-0.05, 0) is 49.4 Å². The molecule has 5 heteroatoms. The highest BCUT2D eigenvalue weighted by atomic mass is 16.2. The van der Waals surface area contributed by atoms with Crippen LogP contribution in [0.1, 0.15) is 47.3 Å². The van der Waals surface area contributed by atoms with Crippen molar-refractivity contribution in [3.05, 3.63) is 46.3 Å². The number of fused-ring (bicyclic) bond motifs is 1. The second-order valence-corrected chi connectivity index (χ2v) is 6.16. The number of hydrogen-bond acceptors (Lipinski definition) is 3. The molecule has 0 fully saturated rings. The van der Waals surface area contributed by atoms with E-state index in [1.54, 1.807) is 0 Å². The molecule has 0 saturated heterocycles. The molecule has 1 amide bonds. The number of amides is 1. The zero-order valence-electron chi connectivity index (χ0n) is 13.7. The van der Waals surface area contributed by atoms with Crippen LogP contribution in [0.15, 0.2) is 18.2 Å². The molecule has 1 aliphatic heterocycles. The molecule has 0 radical (unpaired) electrons. The highest BCUT2D eigenvalue weighted by Gasteiger charge is 2.28. The van der Waals surface area contributed by atoms with Crippen molar-refractivity contribution in [3.63, 3.8) is 0 Å². The molecule has 23 heavy (non-hydrogen) atoms. The predicted molar refractivity (Wildman–Crippen MR) is 88.3 cm³/mol. The smallest absolute Gasteiger partial charge is 0.227 e. The van der Waals surface area contributed by atoms with E-state index in [1.807, 2.05) is 36.9 Å². The molecule has 2 aromatic rings. The van der Waals surface area contributed by atoms with E-state index in [2.05, 4.69) is 23.2 Å². The number of carbonyl (C=O) groups excluding carboxylic acids is 1. The van der Waals surface area contributed by atoms with Gasteiger partial charge in [0.1, 0.15) is 0 Å². The first kappa shape index (κ1) is 15.3. The van der Waals surface area contributed by atoms with Gasteiger partial charge in [-0.3, -0.25) is 9.89 Å². The lowest BCUT2D eigenvalue weighted by Crippen LogP contribution is -2.29. The molecule has 1 atom stereocenters. The minimum Gasteiger partial charge on any atom is -0.312 e. The molecule has 5 nitrogen and oxygen atoms in total. The predicted octanol–water partition coefficient (Wildman–Crippen LogP) is 2.98. The summed E-state index contributed by atoms with van der Waals surface area (Å²) in [5.74, 6) is 0.218. The lowest BCUT2D eigenvalue weighted by atomic mass is 9.95. The SMILES string of the molecule is Cc1n[nH]c(C)c1C(C)CC(=O)N1CCc2c(C#N)cccc21. The maximum absolute atomic E-state index is 12.7. The molecule has 1 aliphatic rings. The molecule has 1 N–H and O–H groups in total. The van der Waals surface area contributed by atoms with Gasteiger partial charge in [0.2, 0.25) is 5.91 Å². The largest absolute Gasteiger partial charge is 0.312 e. The number of benzene rings is 1. The summed E-state index contributed by atoms with van der Waals surface area (Å²) in [5, 5.41) is 16.4. The van der Waals surface area contributed by atoms with Crippen LogP contribution in [0.25, 0.3) is 0 Å². The molecule has 1 aromatic heterocycles. The first-order chi connectivity index (χ1) is 11.0. The average Bonchev–Trinajstić information content (AvgIpc) is 3.10. The first-order valence-electron chi connectivity index (χ1n) is 7.86. The van der Waals surface area contributed by atoms with Crippen molar-refractivity contribution in [2.75, 3.05) is 11.4 Å². The van der Waals surface area contributed by atoms with Gasteiger partial charge in [-0.15, -0.1) is 0 Å². The number of nitriles is 1. The third-order valence-corrected chi connectivity index (χ3v) is 4.61. The fraction of sp³-hybridized carbons (Fsp3) is 0.389. The number of aromatic amines is 1. The number of aromatic nitrogens is 2. The van der Waals surface area contributed by atoms with Gasteiger partial charge in [0.05, 0.1) is 17.3 Å². The summed E-state index contributed by atoms with van der Waals surface area (Å²) in [5.41, 5.74) is 5.66. The fourth-order valence-electron chi connectivity index (χ4n) is 3.56. The Hall–Kier alpha value is -2.61. The van der Waals surface area contributed by atoms with Gasteiger partial charge in [-0.1, -0.05) is 13.0 Å². The van der Waals surface area contributed by atoms with Crippen molar-refractivity contribution in [1.29, 1.82) is 5.26 Å². The van der Waals surface area contributed by atoms with Gasteiger partial charge < -0.3 is 4.90 Å². The number of nitrogens with one attached hydrogen (secondary N) is 1. The molecular weight excluding hydrogens is 288 g/mol. The number of nitrogens with zero attached hydrogens (tertiary/aromatic N) is 3. The molecule has 0 aliphatic carbocycles. The summed E-state index contributed by atoms with van der Waals surface area (Å²) in [6, 6.07) is 7.80. The minimum absolute atomic E-state index is 0.103. The van der Waals surface area contributed by atoms with Crippen LogP contribution in [0.2, 0.25) is 0 Å². The third kappa shape index (κ3) is 2.61. The molecule has 3 rings (SSSR count). The number of hydrogen-bond donors (Lipinski definition) is 1. The van der Waals surface area contributed by atoms with Crippen molar-refractivity contribution in [1.82, 2.24) is 10.2 Å². The number of rotatable bonds is 3. The van der Waals surface area contributed by atoms with Crippen LogP contribution in [0.3, 0.4) is 0 Å². The average molecular weight is 308 g/mol. The lowest BCUT2D eigenvalue weighted by molar-refractivity contribution is -0.118. The van der Waals surface area contributed by atoms with Gasteiger partial charge in [-0.2, -0.15) is 10.4 Å². The summed E-state index contributed by atoms with van der Waals surface area (Å²) in [6.07, 6.45) is 1.19. The summed E-state index contributed by atoms with van der Waals surface area (Å²) >= 11 is 0. The van der Waals surface area contributed by atoms with E-state index in [0.29, 0.717) is 18.5 Å². The fourth-order valence-corrected chi connectivity index (χ4v) is 3.56. The Kier molecular flexibility index (Phi) is 3.91. The van der Waals surface area contributed by atoms with Crippen LogP contribution < -0.4 is 4.90 Å². The van der Waals surface area contributed by atoms with Gasteiger partial charge in [0.25, 0.3) is 0 Å². The van der Waals surface area contributed by atoms with E-state index < -0.39 is 0 Å². The highest BCUT2D eigenvalue weighted by Crippen LogP contribution is 2.33. The third-order valence-electron chi connectivity index (χ3n) is 4.61. The van der Waals surface area contributed by atoms with Gasteiger partial charge in [-0.25, -0.2) is 0 Å². The van der Waals surface area contributed by atoms with Crippen LogP contribution in [0.5, 0.6) is 0 Å². The van der Waals surface area contributed by atoms with E-state index in [0.717, 1.165) is 34.6 Å². The maximum atomic E-state index is 12.7. The molecule has 0 saturated carbocycles. The van der Waals surface area contributed by atoms with Crippen molar-refractivity contribution in [2.24, 2.45) is 0 Å². The second kappa shape index (κ2) is 5.88. The molecule has 2 heterocycles. The molecule has 0 bridgehead atoms. The van der Waals surface area contributed by atoms with Crippen LogP contribution in [0, 0.1) is 25.2 Å². The Morgan fingerprint density at radius 2 is 2.26 bits per heavy atom. The van der Waals surface area contributed by atoms with E-state index >= 15 is 0 Å². The van der Waals surface area contributed by atoms with Crippen LogP contribution >= 0.6 is 0 Å². The van der Waals surface area contributed by atoms with Crippen LogP contribution in [-0.2, 0) is 11.2 Å². The van der Waals surface area contributed by atoms with E-state index in [9.17, 15) is 10.1 Å². The highest BCUT2D eigenvalue weighted by molar-refractivity contribution is 5.96. The summed E-state index contributed by atoms with van der Waals surface area (Å²) in [4.78, 5) is 14.6. The minimum atomic E-state index is 0.103. The zero-order chi connectivity index (χ0) is 16.6. The van der Waals surface area contributed by atoms with Gasteiger partial charge >= 0.3 is 0 Å². The second-order valence-electron chi connectivity index (χ2n) is 6.16. The van der Waals surface area contributed by atoms with Crippen molar-refractivity contribution < 1.29 is 4.79 Å². The summed E-state index contributed by atoms with van der Waals surface area (Å²) in [7, 11) is 0. The lowest BCUT2D eigenvalue weighted by Gasteiger charge is -2.20. The Balaban J connectivity index is 1.81. The molecule has 0 spiro atoms. The zero-order valence-corrected chi connectivity index (χ0v) is 13.7. The number of carbonyl (C=O) groups is 1. The maximum Gasteiger partial charge on any atom is 0.227 e.